The highest BCUT2D eigenvalue weighted by Crippen LogP contribution is 2.23. The van der Waals surface area contributed by atoms with Crippen LogP contribution in [0.15, 0.2) is 65.8 Å². The molecule has 0 unspecified atom stereocenters. The molecule has 0 radical (unpaired) electrons. The maximum atomic E-state index is 4.38. The van der Waals surface area contributed by atoms with Crippen molar-refractivity contribution in [2.45, 2.75) is 18.0 Å². The molecule has 146 valence electrons. The van der Waals surface area contributed by atoms with Crippen LogP contribution in [0.25, 0.3) is 11.4 Å². The third-order valence-corrected chi connectivity index (χ3v) is 6.22. The Hall–Kier alpha value is -2.31. The van der Waals surface area contributed by atoms with Crippen molar-refractivity contribution >= 4 is 17.4 Å². The Labute approximate surface area is 171 Å². The van der Waals surface area contributed by atoms with E-state index in [2.05, 4.69) is 67.0 Å². The largest absolute Gasteiger partial charge is 0.358 e. The molecule has 2 heterocycles. The number of nitrogens with zero attached hydrogens (tertiary/aromatic N) is 5. The fourth-order valence-corrected chi connectivity index (χ4v) is 4.47. The molecule has 0 atom stereocenters. The van der Waals surface area contributed by atoms with Gasteiger partial charge in [0.05, 0.1) is 6.67 Å². The van der Waals surface area contributed by atoms with Gasteiger partial charge in [-0.05, 0) is 25.0 Å². The van der Waals surface area contributed by atoms with E-state index in [0.717, 1.165) is 48.5 Å². The highest BCUT2D eigenvalue weighted by molar-refractivity contribution is 7.99. The van der Waals surface area contributed by atoms with Gasteiger partial charge in [0.2, 0.25) is 0 Å². The summed E-state index contributed by atoms with van der Waals surface area (Å²) < 4.78 is 2.10. The van der Waals surface area contributed by atoms with Gasteiger partial charge in [0.15, 0.2) is 11.0 Å². The van der Waals surface area contributed by atoms with Crippen LogP contribution in [0, 0.1) is 0 Å². The van der Waals surface area contributed by atoms with E-state index < -0.39 is 0 Å². The summed E-state index contributed by atoms with van der Waals surface area (Å²) in [5, 5.41) is 9.74. The summed E-state index contributed by atoms with van der Waals surface area (Å²) >= 11 is 1.80. The molecule has 6 heteroatoms. The van der Waals surface area contributed by atoms with E-state index in [0.29, 0.717) is 0 Å². The number of benzene rings is 2. The monoisotopic (exact) mass is 393 g/mol. The predicted molar refractivity (Wildman–Crippen MR) is 117 cm³/mol. The second-order valence-corrected chi connectivity index (χ2v) is 8.21. The van der Waals surface area contributed by atoms with E-state index in [9.17, 15) is 0 Å². The van der Waals surface area contributed by atoms with E-state index in [4.69, 9.17) is 0 Å². The molecule has 0 saturated carbocycles. The summed E-state index contributed by atoms with van der Waals surface area (Å²) in [5.41, 5.74) is 2.44. The molecule has 4 rings (SSSR count). The zero-order chi connectivity index (χ0) is 19.2. The first-order valence-corrected chi connectivity index (χ1v) is 10.9. The molecule has 1 aliphatic rings. The standard InChI is InChI=1S/C22H27N5S/c1-25-21(19-10-4-2-5-11-19)23-24-22(25)28-17-9-15-26-14-8-16-27(18-26)20-12-6-3-7-13-20/h2-7,10-13H,8-9,14-18H2,1H3. The Kier molecular flexibility index (Phi) is 6.29. The highest BCUT2D eigenvalue weighted by Gasteiger charge is 2.17. The first kappa shape index (κ1) is 19.0. The molecular weight excluding hydrogens is 366 g/mol. The molecule has 2 aromatic carbocycles. The van der Waals surface area contributed by atoms with E-state index in [1.54, 1.807) is 11.8 Å². The van der Waals surface area contributed by atoms with Crippen LogP contribution in [-0.2, 0) is 7.05 Å². The van der Waals surface area contributed by atoms with Crippen LogP contribution in [0.4, 0.5) is 5.69 Å². The van der Waals surface area contributed by atoms with E-state index in [-0.39, 0.29) is 0 Å². The average molecular weight is 394 g/mol. The second-order valence-electron chi connectivity index (χ2n) is 7.15. The highest BCUT2D eigenvalue weighted by atomic mass is 32.2. The Morgan fingerprint density at radius 2 is 1.68 bits per heavy atom. The number of hydrogen-bond acceptors (Lipinski definition) is 5. The van der Waals surface area contributed by atoms with Crippen molar-refractivity contribution in [1.29, 1.82) is 0 Å². The Morgan fingerprint density at radius 1 is 0.929 bits per heavy atom. The lowest BCUT2D eigenvalue weighted by atomic mass is 10.2. The molecule has 1 fully saturated rings. The van der Waals surface area contributed by atoms with Crippen molar-refractivity contribution < 1.29 is 0 Å². The van der Waals surface area contributed by atoms with Gasteiger partial charge in [-0.25, -0.2) is 0 Å². The fraction of sp³-hybridized carbons (Fsp3) is 0.364. The molecule has 0 aliphatic carbocycles. The Morgan fingerprint density at radius 3 is 2.46 bits per heavy atom. The number of rotatable bonds is 7. The normalized spacial score (nSPS) is 15.1. The van der Waals surface area contributed by atoms with Crippen LogP contribution < -0.4 is 4.90 Å². The molecule has 1 saturated heterocycles. The van der Waals surface area contributed by atoms with Gasteiger partial charge in [-0.1, -0.05) is 60.3 Å². The van der Waals surface area contributed by atoms with Crippen LogP contribution in [0.1, 0.15) is 12.8 Å². The van der Waals surface area contributed by atoms with Gasteiger partial charge in [-0.3, -0.25) is 4.90 Å². The SMILES string of the molecule is Cn1c(SCCCN2CCCN(c3ccccc3)C2)nnc1-c1ccccc1. The van der Waals surface area contributed by atoms with Gasteiger partial charge in [-0.15, -0.1) is 10.2 Å². The molecule has 28 heavy (non-hydrogen) atoms. The molecular formula is C22H27N5S. The van der Waals surface area contributed by atoms with Crippen LogP contribution in [0.5, 0.6) is 0 Å². The fourth-order valence-electron chi connectivity index (χ4n) is 3.63. The number of hydrogen-bond donors (Lipinski definition) is 0. The maximum absolute atomic E-state index is 4.38. The number of anilines is 1. The van der Waals surface area contributed by atoms with E-state index in [1.807, 2.05) is 25.2 Å². The third kappa shape index (κ3) is 4.56. The topological polar surface area (TPSA) is 37.2 Å². The first-order chi connectivity index (χ1) is 13.8. The van der Waals surface area contributed by atoms with Crippen LogP contribution in [0.2, 0.25) is 0 Å². The lowest BCUT2D eigenvalue weighted by Crippen LogP contribution is -2.45. The van der Waals surface area contributed by atoms with Crippen LogP contribution in [0.3, 0.4) is 0 Å². The van der Waals surface area contributed by atoms with Crippen molar-refractivity contribution in [3.63, 3.8) is 0 Å². The average Bonchev–Trinajstić information content (AvgIpc) is 3.13. The summed E-state index contributed by atoms with van der Waals surface area (Å²) in [6, 6.07) is 21.0. The number of thioether (sulfide) groups is 1. The second kappa shape index (κ2) is 9.26. The van der Waals surface area contributed by atoms with Crippen LogP contribution in [-0.4, -0.2) is 51.7 Å². The third-order valence-electron chi connectivity index (χ3n) is 5.11. The maximum Gasteiger partial charge on any atom is 0.191 e. The van der Waals surface area contributed by atoms with Gasteiger partial charge < -0.3 is 9.47 Å². The molecule has 5 nitrogen and oxygen atoms in total. The van der Waals surface area contributed by atoms with Gasteiger partial charge in [0, 0.05) is 43.7 Å². The minimum Gasteiger partial charge on any atom is -0.358 e. The quantitative estimate of drug-likeness (QED) is 0.446. The van der Waals surface area contributed by atoms with Crippen molar-refractivity contribution in [2.24, 2.45) is 7.05 Å². The van der Waals surface area contributed by atoms with Crippen molar-refractivity contribution in [3.8, 4) is 11.4 Å². The minimum atomic E-state index is 0.928. The zero-order valence-electron chi connectivity index (χ0n) is 16.4. The van der Waals surface area contributed by atoms with Gasteiger partial charge >= 0.3 is 0 Å². The molecule has 1 aromatic heterocycles. The molecule has 0 amide bonds. The van der Waals surface area contributed by atoms with Crippen molar-refractivity contribution in [1.82, 2.24) is 19.7 Å². The summed E-state index contributed by atoms with van der Waals surface area (Å²) in [4.78, 5) is 5.04. The molecule has 3 aromatic rings. The Bertz CT molecular complexity index is 865. The molecule has 1 aliphatic heterocycles. The summed E-state index contributed by atoms with van der Waals surface area (Å²) in [7, 11) is 2.05. The summed E-state index contributed by atoms with van der Waals surface area (Å²) in [5.74, 6) is 1.99. The Balaban J connectivity index is 1.25. The van der Waals surface area contributed by atoms with Crippen LogP contribution >= 0.6 is 11.8 Å². The lowest BCUT2D eigenvalue weighted by Gasteiger charge is -2.37. The van der Waals surface area contributed by atoms with Gasteiger partial charge in [-0.2, -0.15) is 0 Å². The first-order valence-electron chi connectivity index (χ1n) is 9.91. The lowest BCUT2D eigenvalue weighted by molar-refractivity contribution is 0.242. The van der Waals surface area contributed by atoms with Gasteiger partial charge in [0.1, 0.15) is 0 Å². The predicted octanol–water partition coefficient (Wildman–Crippen LogP) is 4.13. The summed E-state index contributed by atoms with van der Waals surface area (Å²) in [6.07, 6.45) is 2.38. The molecule has 0 spiro atoms. The van der Waals surface area contributed by atoms with Crippen molar-refractivity contribution in [3.05, 3.63) is 60.7 Å². The number of para-hydroxylation sites is 1. The number of aromatic nitrogens is 3. The summed E-state index contributed by atoms with van der Waals surface area (Å²) in [6.45, 7) is 4.49. The smallest absolute Gasteiger partial charge is 0.191 e. The molecule has 0 N–H and O–H groups in total. The molecule has 0 bridgehead atoms. The van der Waals surface area contributed by atoms with Gasteiger partial charge in [0.25, 0.3) is 0 Å². The van der Waals surface area contributed by atoms with E-state index in [1.165, 1.54) is 18.7 Å². The van der Waals surface area contributed by atoms with Crippen molar-refractivity contribution in [2.75, 3.05) is 37.0 Å². The zero-order valence-corrected chi connectivity index (χ0v) is 17.2. The minimum absolute atomic E-state index is 0.928. The van der Waals surface area contributed by atoms with E-state index >= 15 is 0 Å².